The van der Waals surface area contributed by atoms with Crippen molar-refractivity contribution in [3.05, 3.63) is 30.1 Å². The highest BCUT2D eigenvalue weighted by Crippen LogP contribution is 2.06. The minimum absolute atomic E-state index is 0.201. The number of ether oxygens (including phenoxy) is 1. The molecule has 0 unspecified atom stereocenters. The lowest BCUT2D eigenvalue weighted by atomic mass is 10.1. The van der Waals surface area contributed by atoms with Gasteiger partial charge in [0.05, 0.1) is 5.56 Å². The molecule has 0 saturated carbocycles. The fourth-order valence-corrected chi connectivity index (χ4v) is 1.47. The molecule has 1 rings (SSSR count). The van der Waals surface area contributed by atoms with Crippen LogP contribution in [0.4, 0.5) is 0 Å². The third kappa shape index (κ3) is 5.27. The van der Waals surface area contributed by atoms with Gasteiger partial charge in [-0.15, -0.1) is 0 Å². The van der Waals surface area contributed by atoms with Crippen molar-refractivity contribution in [3.63, 3.8) is 0 Å². The number of unbranched alkanes of at least 4 members (excludes halogenated alkanes) is 1. The molecule has 1 heterocycles. The van der Waals surface area contributed by atoms with Crippen LogP contribution in [0.25, 0.3) is 0 Å². The number of carbonyl (C=O) groups is 1. The van der Waals surface area contributed by atoms with Crippen LogP contribution < -0.4 is 5.32 Å². The van der Waals surface area contributed by atoms with Crippen molar-refractivity contribution in [3.8, 4) is 0 Å². The van der Waals surface area contributed by atoms with E-state index in [9.17, 15) is 4.79 Å². The zero-order valence-corrected chi connectivity index (χ0v) is 11.4. The molecule has 0 spiro atoms. The number of esters is 1. The van der Waals surface area contributed by atoms with Gasteiger partial charge in [-0.25, -0.2) is 4.79 Å². The van der Waals surface area contributed by atoms with E-state index in [4.69, 9.17) is 4.74 Å². The van der Waals surface area contributed by atoms with Gasteiger partial charge in [0.2, 0.25) is 0 Å². The van der Waals surface area contributed by atoms with Crippen LogP contribution in [0.15, 0.2) is 24.5 Å². The zero-order valence-electron chi connectivity index (χ0n) is 11.4. The highest BCUT2D eigenvalue weighted by atomic mass is 16.5. The van der Waals surface area contributed by atoms with Crippen LogP contribution in [0.3, 0.4) is 0 Å². The summed E-state index contributed by atoms with van der Waals surface area (Å²) in [5.41, 5.74) is 0.286. The van der Waals surface area contributed by atoms with Gasteiger partial charge in [0.1, 0.15) is 6.61 Å². The first kappa shape index (κ1) is 14.6. The van der Waals surface area contributed by atoms with Crippen molar-refractivity contribution in [2.75, 3.05) is 13.2 Å². The Balaban J connectivity index is 2.37. The maximum atomic E-state index is 11.7. The molecule has 0 saturated heterocycles. The normalized spacial score (nSPS) is 11.3. The van der Waals surface area contributed by atoms with Crippen molar-refractivity contribution in [2.45, 2.75) is 39.2 Å². The number of pyridine rings is 1. The molecule has 100 valence electrons. The molecule has 18 heavy (non-hydrogen) atoms. The van der Waals surface area contributed by atoms with Crippen LogP contribution in [0.2, 0.25) is 0 Å². The third-order valence-electron chi connectivity index (χ3n) is 2.60. The van der Waals surface area contributed by atoms with E-state index in [1.807, 2.05) is 13.8 Å². The summed E-state index contributed by atoms with van der Waals surface area (Å²) >= 11 is 0. The van der Waals surface area contributed by atoms with E-state index in [-0.39, 0.29) is 11.5 Å². The summed E-state index contributed by atoms with van der Waals surface area (Å²) < 4.78 is 5.28. The van der Waals surface area contributed by atoms with Crippen molar-refractivity contribution < 1.29 is 9.53 Å². The Morgan fingerprint density at radius 3 is 2.89 bits per heavy atom. The number of aromatic nitrogens is 1. The molecule has 1 aromatic heterocycles. The van der Waals surface area contributed by atoms with Gasteiger partial charge in [0, 0.05) is 17.9 Å². The lowest BCUT2D eigenvalue weighted by molar-refractivity contribution is 0.0400. The van der Waals surface area contributed by atoms with Crippen LogP contribution >= 0.6 is 0 Å². The molecule has 0 atom stereocenters. The Labute approximate surface area is 109 Å². The Morgan fingerprint density at radius 1 is 1.50 bits per heavy atom. The second kappa shape index (κ2) is 7.11. The number of carbonyl (C=O) groups excluding carboxylic acids is 1. The molecule has 4 heteroatoms. The predicted octanol–water partition coefficient (Wildman–Crippen LogP) is 2.41. The third-order valence-corrected chi connectivity index (χ3v) is 2.60. The monoisotopic (exact) mass is 250 g/mol. The highest BCUT2D eigenvalue weighted by molar-refractivity contribution is 5.88. The summed E-state index contributed by atoms with van der Waals surface area (Å²) in [6.45, 7) is 7.49. The quantitative estimate of drug-likeness (QED) is 0.596. The maximum absolute atomic E-state index is 11.7. The molecule has 0 aliphatic heterocycles. The summed E-state index contributed by atoms with van der Waals surface area (Å²) in [7, 11) is 0. The molecule has 0 fully saturated rings. The molecule has 0 aliphatic carbocycles. The van der Waals surface area contributed by atoms with Crippen LogP contribution in [0, 0.1) is 0 Å². The lowest BCUT2D eigenvalue weighted by Gasteiger charge is -2.25. The van der Waals surface area contributed by atoms with E-state index in [1.165, 1.54) is 6.20 Å². The van der Waals surface area contributed by atoms with E-state index in [1.54, 1.807) is 18.3 Å². The average Bonchev–Trinajstić information content (AvgIpc) is 2.37. The smallest absolute Gasteiger partial charge is 0.339 e. The van der Waals surface area contributed by atoms with Gasteiger partial charge in [0.15, 0.2) is 0 Å². The maximum Gasteiger partial charge on any atom is 0.339 e. The summed E-state index contributed by atoms with van der Waals surface area (Å²) in [6.07, 6.45) is 5.42. The van der Waals surface area contributed by atoms with Crippen molar-refractivity contribution in [1.82, 2.24) is 10.3 Å². The van der Waals surface area contributed by atoms with Gasteiger partial charge < -0.3 is 10.1 Å². The molecule has 1 aromatic rings. The van der Waals surface area contributed by atoms with Gasteiger partial charge in [-0.05, 0) is 38.9 Å². The molecule has 4 nitrogen and oxygen atoms in total. The van der Waals surface area contributed by atoms with Gasteiger partial charge in [-0.2, -0.15) is 0 Å². The summed E-state index contributed by atoms with van der Waals surface area (Å²) in [6, 6.07) is 3.42. The Kier molecular flexibility index (Phi) is 5.78. The predicted molar refractivity (Wildman–Crippen MR) is 71.5 cm³/mol. The van der Waals surface area contributed by atoms with E-state index in [2.05, 4.69) is 17.2 Å². The number of rotatable bonds is 7. The topological polar surface area (TPSA) is 51.2 Å². The first-order chi connectivity index (χ1) is 8.55. The fraction of sp³-hybridized carbons (Fsp3) is 0.571. The van der Waals surface area contributed by atoms with Crippen molar-refractivity contribution in [1.29, 1.82) is 0 Å². The van der Waals surface area contributed by atoms with Crippen molar-refractivity contribution in [2.24, 2.45) is 0 Å². The van der Waals surface area contributed by atoms with Crippen LogP contribution in [-0.4, -0.2) is 29.6 Å². The fourth-order valence-electron chi connectivity index (χ4n) is 1.47. The first-order valence-corrected chi connectivity index (χ1v) is 6.37. The lowest BCUT2D eigenvalue weighted by Crippen LogP contribution is -2.44. The highest BCUT2D eigenvalue weighted by Gasteiger charge is 2.19. The standard InChI is InChI=1S/C14H22N2O2/c1-4-5-9-16-14(2,3)11-18-13(17)12-7-6-8-15-10-12/h6-8,10,16H,4-5,9,11H2,1-3H3. The van der Waals surface area contributed by atoms with Gasteiger partial charge in [-0.3, -0.25) is 4.98 Å². The minimum atomic E-state index is -0.325. The SMILES string of the molecule is CCCCNC(C)(C)COC(=O)c1cccnc1. The van der Waals surface area contributed by atoms with Gasteiger partial charge >= 0.3 is 5.97 Å². The largest absolute Gasteiger partial charge is 0.460 e. The Hall–Kier alpha value is -1.42. The second-order valence-corrected chi connectivity index (χ2v) is 4.98. The van der Waals surface area contributed by atoms with Crippen LogP contribution in [-0.2, 0) is 4.74 Å². The molecule has 1 N–H and O–H groups in total. The Morgan fingerprint density at radius 2 is 2.28 bits per heavy atom. The second-order valence-electron chi connectivity index (χ2n) is 4.98. The number of nitrogens with zero attached hydrogens (tertiary/aromatic N) is 1. The van der Waals surface area contributed by atoms with E-state index in [0.717, 1.165) is 19.4 Å². The van der Waals surface area contributed by atoms with E-state index < -0.39 is 0 Å². The number of hydrogen-bond donors (Lipinski definition) is 1. The van der Waals surface area contributed by atoms with E-state index >= 15 is 0 Å². The van der Waals surface area contributed by atoms with Gasteiger partial charge in [0.25, 0.3) is 0 Å². The van der Waals surface area contributed by atoms with Crippen LogP contribution in [0.5, 0.6) is 0 Å². The summed E-state index contributed by atoms with van der Waals surface area (Å²) in [4.78, 5) is 15.6. The molecule has 0 aromatic carbocycles. The number of hydrogen-bond acceptors (Lipinski definition) is 4. The van der Waals surface area contributed by atoms with E-state index in [0.29, 0.717) is 12.2 Å². The zero-order chi connectivity index (χ0) is 13.4. The molecule has 0 bridgehead atoms. The average molecular weight is 250 g/mol. The first-order valence-electron chi connectivity index (χ1n) is 6.37. The molecular formula is C14H22N2O2. The van der Waals surface area contributed by atoms with Crippen molar-refractivity contribution >= 4 is 5.97 Å². The molecule has 0 amide bonds. The molecule has 0 aliphatic rings. The van der Waals surface area contributed by atoms with Crippen LogP contribution in [0.1, 0.15) is 44.0 Å². The summed E-state index contributed by atoms with van der Waals surface area (Å²) in [5.74, 6) is -0.325. The minimum Gasteiger partial charge on any atom is -0.460 e. The Bertz CT molecular complexity index is 363. The number of nitrogens with one attached hydrogen (secondary N) is 1. The molecular weight excluding hydrogens is 228 g/mol. The summed E-state index contributed by atoms with van der Waals surface area (Å²) in [5, 5.41) is 3.37. The molecule has 0 radical (unpaired) electrons. The van der Waals surface area contributed by atoms with Gasteiger partial charge in [-0.1, -0.05) is 13.3 Å².